The summed E-state index contributed by atoms with van der Waals surface area (Å²) in [5, 5.41) is 0.495. The van der Waals surface area contributed by atoms with Crippen molar-refractivity contribution < 1.29 is 4.74 Å². The first-order valence-electron chi connectivity index (χ1n) is 4.69. The Bertz CT molecular complexity index is 293. The van der Waals surface area contributed by atoms with Crippen LogP contribution in [0.15, 0.2) is 17.0 Å². The zero-order chi connectivity index (χ0) is 10.4. The summed E-state index contributed by atoms with van der Waals surface area (Å²) in [5.74, 6) is 1.64. The Kier molecular flexibility index (Phi) is 5.12. The third kappa shape index (κ3) is 3.76. The molecule has 0 aliphatic carbocycles. The molecular formula is C10H14ClNOS. The molecule has 0 atom stereocenters. The second-order valence-corrected chi connectivity index (χ2v) is 4.47. The number of ether oxygens (including phenoxy) is 1. The highest BCUT2D eigenvalue weighted by molar-refractivity contribution is 7.99. The summed E-state index contributed by atoms with van der Waals surface area (Å²) in [6.07, 6.45) is 0.977. The molecule has 0 aliphatic rings. The summed E-state index contributed by atoms with van der Waals surface area (Å²) in [6.45, 7) is 4.85. The van der Waals surface area contributed by atoms with Crippen molar-refractivity contribution in [2.45, 2.75) is 25.2 Å². The van der Waals surface area contributed by atoms with Gasteiger partial charge in [0.25, 0.3) is 0 Å². The molecule has 0 spiro atoms. The van der Waals surface area contributed by atoms with Crippen molar-refractivity contribution in [3.63, 3.8) is 0 Å². The van der Waals surface area contributed by atoms with E-state index >= 15 is 0 Å². The lowest BCUT2D eigenvalue weighted by Gasteiger charge is -2.05. The molecule has 1 heterocycles. The molecule has 0 aliphatic heterocycles. The molecule has 0 bridgehead atoms. The number of nitrogens with zero attached hydrogens (tertiary/aromatic N) is 1. The quantitative estimate of drug-likeness (QED) is 0.571. The number of hydrogen-bond donors (Lipinski definition) is 0. The molecule has 4 heteroatoms. The molecule has 14 heavy (non-hydrogen) atoms. The summed E-state index contributed by atoms with van der Waals surface area (Å²) in [4.78, 5) is 5.19. The fourth-order valence-corrected chi connectivity index (χ4v) is 1.96. The monoisotopic (exact) mass is 231 g/mol. The van der Waals surface area contributed by atoms with Gasteiger partial charge in [0.15, 0.2) is 0 Å². The maximum atomic E-state index is 5.86. The van der Waals surface area contributed by atoms with Crippen LogP contribution < -0.4 is 4.74 Å². The van der Waals surface area contributed by atoms with Crippen LogP contribution >= 0.6 is 23.4 Å². The summed E-state index contributed by atoms with van der Waals surface area (Å²) >= 11 is 7.59. The molecule has 0 amide bonds. The van der Waals surface area contributed by atoms with Crippen molar-refractivity contribution >= 4 is 23.4 Å². The van der Waals surface area contributed by atoms with Gasteiger partial charge in [-0.3, -0.25) is 0 Å². The van der Waals surface area contributed by atoms with Gasteiger partial charge in [-0.1, -0.05) is 25.4 Å². The first-order valence-corrected chi connectivity index (χ1v) is 6.05. The van der Waals surface area contributed by atoms with Gasteiger partial charge < -0.3 is 4.74 Å². The molecular weight excluding hydrogens is 218 g/mol. The lowest BCUT2D eigenvalue weighted by atomic mass is 10.5. The molecule has 0 saturated carbocycles. The lowest BCUT2D eigenvalue weighted by molar-refractivity contribution is 0.304. The zero-order valence-corrected chi connectivity index (χ0v) is 9.99. The Morgan fingerprint density at radius 2 is 2.21 bits per heavy atom. The third-order valence-corrected chi connectivity index (χ3v) is 2.56. The van der Waals surface area contributed by atoms with Gasteiger partial charge in [-0.05, 0) is 18.2 Å². The number of pyridine rings is 1. The van der Waals surface area contributed by atoms with E-state index < -0.39 is 0 Å². The fourth-order valence-electron chi connectivity index (χ4n) is 0.981. The van der Waals surface area contributed by atoms with E-state index in [1.807, 2.05) is 12.1 Å². The summed E-state index contributed by atoms with van der Waals surface area (Å²) in [6, 6.07) is 3.78. The van der Waals surface area contributed by atoms with Crippen molar-refractivity contribution in [1.29, 1.82) is 0 Å². The van der Waals surface area contributed by atoms with Crippen LogP contribution in [-0.2, 0) is 0 Å². The van der Waals surface area contributed by atoms with E-state index in [0.29, 0.717) is 17.6 Å². The zero-order valence-electron chi connectivity index (χ0n) is 8.42. The van der Waals surface area contributed by atoms with E-state index in [-0.39, 0.29) is 0 Å². The third-order valence-electron chi connectivity index (χ3n) is 1.51. The molecule has 1 rings (SSSR count). The summed E-state index contributed by atoms with van der Waals surface area (Å²) < 4.78 is 5.41. The van der Waals surface area contributed by atoms with E-state index in [9.17, 15) is 0 Å². The Hall–Kier alpha value is -0.410. The van der Waals surface area contributed by atoms with Gasteiger partial charge in [-0.15, -0.1) is 11.8 Å². The molecule has 0 radical (unpaired) electrons. The van der Waals surface area contributed by atoms with Crippen molar-refractivity contribution in [3.8, 4) is 5.88 Å². The minimum absolute atomic E-state index is 0.495. The predicted molar refractivity (Wildman–Crippen MR) is 61.4 cm³/mol. The molecule has 0 fully saturated rings. The summed E-state index contributed by atoms with van der Waals surface area (Å²) in [7, 11) is 0. The fraction of sp³-hybridized carbons (Fsp3) is 0.500. The van der Waals surface area contributed by atoms with Gasteiger partial charge in [0.1, 0.15) is 5.15 Å². The average molecular weight is 232 g/mol. The van der Waals surface area contributed by atoms with Crippen LogP contribution in [0.4, 0.5) is 0 Å². The molecule has 0 saturated heterocycles. The molecule has 1 aromatic heterocycles. The highest BCUT2D eigenvalue weighted by atomic mass is 35.5. The Labute approximate surface area is 94.0 Å². The van der Waals surface area contributed by atoms with E-state index in [4.69, 9.17) is 16.3 Å². The van der Waals surface area contributed by atoms with Gasteiger partial charge >= 0.3 is 0 Å². The van der Waals surface area contributed by atoms with Crippen LogP contribution in [0.25, 0.3) is 0 Å². The minimum Gasteiger partial charge on any atom is -0.478 e. The first-order chi connectivity index (χ1) is 6.76. The smallest absolute Gasteiger partial charge is 0.215 e. The number of rotatable bonds is 5. The number of halogens is 1. The van der Waals surface area contributed by atoms with E-state index in [2.05, 4.69) is 18.8 Å². The number of aromatic nitrogens is 1. The maximum absolute atomic E-state index is 5.86. The van der Waals surface area contributed by atoms with Gasteiger partial charge in [-0.2, -0.15) is 0 Å². The molecule has 0 aromatic carbocycles. The number of thioether (sulfide) groups is 1. The van der Waals surface area contributed by atoms with Crippen LogP contribution in [0, 0.1) is 0 Å². The standard InChI is InChI=1S/C10H14ClNOS/c1-3-5-13-10-7-8(14-4-2)6-9(11)12-10/h6-7H,3-5H2,1-2H3. The van der Waals surface area contributed by atoms with Crippen LogP contribution in [0.5, 0.6) is 5.88 Å². The average Bonchev–Trinajstić information content (AvgIpc) is 2.14. The van der Waals surface area contributed by atoms with Crippen molar-refractivity contribution in [3.05, 3.63) is 17.3 Å². The van der Waals surface area contributed by atoms with Crippen LogP contribution in [0.2, 0.25) is 5.15 Å². The van der Waals surface area contributed by atoms with Gasteiger partial charge in [0, 0.05) is 11.0 Å². The van der Waals surface area contributed by atoms with Crippen LogP contribution in [-0.4, -0.2) is 17.3 Å². The second-order valence-electron chi connectivity index (χ2n) is 2.75. The highest BCUT2D eigenvalue weighted by Gasteiger charge is 2.01. The van der Waals surface area contributed by atoms with Crippen LogP contribution in [0.1, 0.15) is 20.3 Å². The Morgan fingerprint density at radius 1 is 1.43 bits per heavy atom. The Balaban J connectivity index is 2.73. The number of hydrogen-bond acceptors (Lipinski definition) is 3. The minimum atomic E-state index is 0.495. The van der Waals surface area contributed by atoms with E-state index in [1.165, 1.54) is 0 Å². The van der Waals surface area contributed by atoms with E-state index in [1.54, 1.807) is 11.8 Å². The van der Waals surface area contributed by atoms with Crippen molar-refractivity contribution in [1.82, 2.24) is 4.98 Å². The predicted octanol–water partition coefficient (Wildman–Crippen LogP) is 3.64. The van der Waals surface area contributed by atoms with Gasteiger partial charge in [0.2, 0.25) is 5.88 Å². The van der Waals surface area contributed by atoms with Crippen molar-refractivity contribution in [2.75, 3.05) is 12.4 Å². The van der Waals surface area contributed by atoms with E-state index in [0.717, 1.165) is 17.1 Å². The summed E-state index contributed by atoms with van der Waals surface area (Å²) in [5.41, 5.74) is 0. The first kappa shape index (κ1) is 11.7. The second kappa shape index (κ2) is 6.14. The normalized spacial score (nSPS) is 10.2. The topological polar surface area (TPSA) is 22.1 Å². The molecule has 0 N–H and O–H groups in total. The highest BCUT2D eigenvalue weighted by Crippen LogP contribution is 2.24. The molecule has 1 aromatic rings. The van der Waals surface area contributed by atoms with Gasteiger partial charge in [0.05, 0.1) is 6.61 Å². The van der Waals surface area contributed by atoms with Gasteiger partial charge in [-0.25, -0.2) is 4.98 Å². The largest absolute Gasteiger partial charge is 0.478 e. The molecule has 78 valence electrons. The Morgan fingerprint density at radius 3 is 2.86 bits per heavy atom. The lowest BCUT2D eigenvalue weighted by Crippen LogP contribution is -1.97. The van der Waals surface area contributed by atoms with Crippen LogP contribution in [0.3, 0.4) is 0 Å². The molecule has 0 unspecified atom stereocenters. The SMILES string of the molecule is CCCOc1cc(SCC)cc(Cl)n1. The van der Waals surface area contributed by atoms with Crippen molar-refractivity contribution in [2.24, 2.45) is 0 Å². The maximum Gasteiger partial charge on any atom is 0.215 e. The molecule has 2 nitrogen and oxygen atoms in total.